The van der Waals surface area contributed by atoms with Crippen LogP contribution in [0.15, 0.2) is 12.1 Å². The fraction of sp³-hybridized carbons (Fsp3) is 0.417. The third kappa shape index (κ3) is 2.74. The van der Waals surface area contributed by atoms with Crippen LogP contribution in [0.2, 0.25) is 5.02 Å². The minimum atomic E-state index is -1.74. The number of carboxylic acids is 1. The second-order valence-corrected chi connectivity index (χ2v) is 4.68. The minimum Gasteiger partial charge on any atom is -0.479 e. The molecule has 88 valence electrons. The normalized spacial score (nSPS) is 14.6. The summed E-state index contributed by atoms with van der Waals surface area (Å²) in [7, 11) is 0. The molecular formula is C12H15ClO3. The van der Waals surface area contributed by atoms with Gasteiger partial charge in [0.15, 0.2) is 5.60 Å². The number of benzene rings is 1. The number of aryl methyl sites for hydroxylation is 2. The van der Waals surface area contributed by atoms with E-state index in [9.17, 15) is 9.90 Å². The van der Waals surface area contributed by atoms with Gasteiger partial charge < -0.3 is 10.2 Å². The fourth-order valence-corrected chi connectivity index (χ4v) is 1.72. The van der Waals surface area contributed by atoms with Crippen LogP contribution < -0.4 is 0 Å². The maximum atomic E-state index is 10.8. The summed E-state index contributed by atoms with van der Waals surface area (Å²) in [5, 5.41) is 19.2. The summed E-state index contributed by atoms with van der Waals surface area (Å²) < 4.78 is 0. The number of aliphatic carboxylic acids is 1. The van der Waals surface area contributed by atoms with Crippen molar-refractivity contribution in [2.75, 3.05) is 0 Å². The van der Waals surface area contributed by atoms with E-state index >= 15 is 0 Å². The molecule has 1 aromatic carbocycles. The molecular weight excluding hydrogens is 228 g/mol. The lowest BCUT2D eigenvalue weighted by Gasteiger charge is -2.18. The van der Waals surface area contributed by atoms with Gasteiger partial charge in [0.05, 0.1) is 0 Å². The van der Waals surface area contributed by atoms with Gasteiger partial charge in [0.1, 0.15) is 0 Å². The Hall–Kier alpha value is -1.06. The zero-order chi connectivity index (χ0) is 12.5. The summed E-state index contributed by atoms with van der Waals surface area (Å²) in [4.78, 5) is 10.8. The maximum absolute atomic E-state index is 10.8. The number of carbonyl (C=O) groups is 1. The van der Waals surface area contributed by atoms with Crippen LogP contribution in [-0.4, -0.2) is 21.8 Å². The van der Waals surface area contributed by atoms with E-state index in [2.05, 4.69) is 0 Å². The first-order valence-electron chi connectivity index (χ1n) is 4.95. The van der Waals surface area contributed by atoms with Crippen molar-refractivity contribution < 1.29 is 15.0 Å². The highest BCUT2D eigenvalue weighted by molar-refractivity contribution is 6.32. The molecule has 4 heteroatoms. The molecule has 0 radical (unpaired) electrons. The van der Waals surface area contributed by atoms with Crippen molar-refractivity contribution in [3.8, 4) is 0 Å². The predicted molar refractivity (Wildman–Crippen MR) is 62.9 cm³/mol. The average molecular weight is 243 g/mol. The van der Waals surface area contributed by atoms with Crippen LogP contribution >= 0.6 is 11.6 Å². The molecule has 0 aliphatic carbocycles. The molecule has 0 bridgehead atoms. The first kappa shape index (κ1) is 13.0. The standard InChI is InChI=1S/C12H15ClO3/c1-7-4-9(5-8(2)10(7)13)6-12(3,16)11(14)15/h4-5,16H,6H2,1-3H3,(H,14,15)/t12-/m1/s1. The van der Waals surface area contributed by atoms with E-state index in [1.54, 1.807) is 12.1 Å². The van der Waals surface area contributed by atoms with E-state index in [-0.39, 0.29) is 6.42 Å². The van der Waals surface area contributed by atoms with Crippen molar-refractivity contribution in [1.29, 1.82) is 0 Å². The van der Waals surface area contributed by atoms with Crippen LogP contribution in [-0.2, 0) is 11.2 Å². The van der Waals surface area contributed by atoms with Crippen molar-refractivity contribution in [2.24, 2.45) is 0 Å². The molecule has 0 saturated carbocycles. The molecule has 0 unspecified atom stereocenters. The second kappa shape index (κ2) is 4.44. The summed E-state index contributed by atoms with van der Waals surface area (Å²) in [6, 6.07) is 3.60. The molecule has 1 rings (SSSR count). The average Bonchev–Trinajstić information content (AvgIpc) is 2.13. The molecule has 3 nitrogen and oxygen atoms in total. The lowest BCUT2D eigenvalue weighted by Crippen LogP contribution is -2.37. The van der Waals surface area contributed by atoms with E-state index in [0.717, 1.165) is 16.7 Å². The number of aliphatic hydroxyl groups is 1. The molecule has 0 aromatic heterocycles. The SMILES string of the molecule is Cc1cc(C[C@@](C)(O)C(=O)O)cc(C)c1Cl. The second-order valence-electron chi connectivity index (χ2n) is 4.30. The lowest BCUT2D eigenvalue weighted by molar-refractivity contribution is -0.156. The van der Waals surface area contributed by atoms with Gasteiger partial charge in [0, 0.05) is 11.4 Å². The lowest BCUT2D eigenvalue weighted by atomic mass is 9.94. The number of halogens is 1. The molecule has 0 heterocycles. The van der Waals surface area contributed by atoms with Crippen molar-refractivity contribution in [3.63, 3.8) is 0 Å². The highest BCUT2D eigenvalue weighted by Gasteiger charge is 2.30. The van der Waals surface area contributed by atoms with E-state index in [4.69, 9.17) is 16.7 Å². The molecule has 16 heavy (non-hydrogen) atoms. The van der Waals surface area contributed by atoms with Gasteiger partial charge in [-0.3, -0.25) is 0 Å². The Balaban J connectivity index is 3.04. The van der Waals surface area contributed by atoms with Gasteiger partial charge >= 0.3 is 5.97 Å². The zero-order valence-electron chi connectivity index (χ0n) is 9.54. The Bertz CT molecular complexity index is 401. The van der Waals surface area contributed by atoms with Crippen molar-refractivity contribution in [3.05, 3.63) is 33.8 Å². The number of hydrogen-bond acceptors (Lipinski definition) is 2. The largest absolute Gasteiger partial charge is 0.479 e. The number of hydrogen-bond donors (Lipinski definition) is 2. The van der Waals surface area contributed by atoms with E-state index in [0.29, 0.717) is 5.02 Å². The molecule has 2 N–H and O–H groups in total. The van der Waals surface area contributed by atoms with Gasteiger partial charge in [-0.25, -0.2) is 4.79 Å². The van der Waals surface area contributed by atoms with Crippen LogP contribution in [0.3, 0.4) is 0 Å². The van der Waals surface area contributed by atoms with Crippen LogP contribution in [0.1, 0.15) is 23.6 Å². The summed E-state index contributed by atoms with van der Waals surface area (Å²) in [5.41, 5.74) is 0.801. The topological polar surface area (TPSA) is 57.5 Å². The fourth-order valence-electron chi connectivity index (χ4n) is 1.61. The number of rotatable bonds is 3. The van der Waals surface area contributed by atoms with Gasteiger partial charge in [-0.1, -0.05) is 23.7 Å². The smallest absolute Gasteiger partial charge is 0.335 e. The summed E-state index contributed by atoms with van der Waals surface area (Å²) in [6.07, 6.45) is 0.0706. The summed E-state index contributed by atoms with van der Waals surface area (Å²) >= 11 is 6.00. The van der Waals surface area contributed by atoms with Crippen molar-refractivity contribution in [1.82, 2.24) is 0 Å². The van der Waals surface area contributed by atoms with Crippen LogP contribution in [0.4, 0.5) is 0 Å². The molecule has 0 saturated heterocycles. The maximum Gasteiger partial charge on any atom is 0.335 e. The van der Waals surface area contributed by atoms with E-state index in [1.807, 2.05) is 13.8 Å². The molecule has 0 spiro atoms. The zero-order valence-corrected chi connectivity index (χ0v) is 10.3. The molecule has 0 amide bonds. The van der Waals surface area contributed by atoms with E-state index in [1.165, 1.54) is 6.92 Å². The minimum absolute atomic E-state index is 0.0706. The molecule has 1 atom stereocenters. The summed E-state index contributed by atoms with van der Waals surface area (Å²) in [5.74, 6) is -1.22. The van der Waals surface area contributed by atoms with Crippen molar-refractivity contribution in [2.45, 2.75) is 32.8 Å². The molecule has 0 aliphatic heterocycles. The van der Waals surface area contributed by atoms with Gasteiger partial charge in [0.2, 0.25) is 0 Å². The Morgan fingerprint density at radius 3 is 2.19 bits per heavy atom. The Morgan fingerprint density at radius 1 is 1.38 bits per heavy atom. The van der Waals surface area contributed by atoms with Gasteiger partial charge in [-0.05, 0) is 37.5 Å². The van der Waals surface area contributed by atoms with Gasteiger partial charge in [-0.2, -0.15) is 0 Å². The monoisotopic (exact) mass is 242 g/mol. The quantitative estimate of drug-likeness (QED) is 0.855. The summed E-state index contributed by atoms with van der Waals surface area (Å²) in [6.45, 7) is 5.00. The first-order valence-corrected chi connectivity index (χ1v) is 5.33. The predicted octanol–water partition coefficient (Wildman–Crippen LogP) is 2.33. The molecule has 1 aromatic rings. The number of carboxylic acid groups (broad SMARTS) is 1. The molecule has 0 fully saturated rings. The Morgan fingerprint density at radius 2 is 1.81 bits per heavy atom. The van der Waals surface area contributed by atoms with Crippen molar-refractivity contribution >= 4 is 17.6 Å². The third-order valence-electron chi connectivity index (χ3n) is 2.51. The van der Waals surface area contributed by atoms with Crippen LogP contribution in [0.5, 0.6) is 0 Å². The van der Waals surface area contributed by atoms with Gasteiger partial charge in [0.25, 0.3) is 0 Å². The highest BCUT2D eigenvalue weighted by Crippen LogP contribution is 2.24. The third-order valence-corrected chi connectivity index (χ3v) is 3.10. The Labute approximate surface area is 99.7 Å². The first-order chi connectivity index (χ1) is 7.24. The van der Waals surface area contributed by atoms with Crippen LogP contribution in [0, 0.1) is 13.8 Å². The highest BCUT2D eigenvalue weighted by atomic mass is 35.5. The Kier molecular flexibility index (Phi) is 3.61. The van der Waals surface area contributed by atoms with Crippen LogP contribution in [0.25, 0.3) is 0 Å². The van der Waals surface area contributed by atoms with Gasteiger partial charge in [-0.15, -0.1) is 0 Å². The van der Waals surface area contributed by atoms with E-state index < -0.39 is 11.6 Å². The molecule has 0 aliphatic rings.